The maximum Gasteiger partial charge on any atom is 0.224 e. The lowest BCUT2D eigenvalue weighted by Crippen LogP contribution is -2.14. The molecule has 0 fully saturated rings. The Morgan fingerprint density at radius 1 is 1.22 bits per heavy atom. The Morgan fingerprint density at radius 3 is 2.70 bits per heavy atom. The molecule has 0 saturated heterocycles. The fraction of sp³-hybridized carbons (Fsp3) is 0.263. The highest BCUT2D eigenvalue weighted by Crippen LogP contribution is 2.31. The molecule has 23 heavy (non-hydrogen) atoms. The third-order valence-electron chi connectivity index (χ3n) is 3.63. The van der Waals surface area contributed by atoms with Gasteiger partial charge in [-0.3, -0.25) is 4.79 Å². The van der Waals surface area contributed by atoms with Gasteiger partial charge >= 0.3 is 0 Å². The van der Waals surface area contributed by atoms with Crippen molar-refractivity contribution in [2.24, 2.45) is 5.92 Å². The summed E-state index contributed by atoms with van der Waals surface area (Å²) in [5.41, 5.74) is 4.05. The molecule has 1 N–H and O–H groups in total. The first-order valence-electron chi connectivity index (χ1n) is 7.79. The summed E-state index contributed by atoms with van der Waals surface area (Å²) >= 11 is 1.69. The van der Waals surface area contributed by atoms with E-state index in [2.05, 4.69) is 22.4 Å². The summed E-state index contributed by atoms with van der Waals surface area (Å²) in [7, 11) is 0. The minimum atomic E-state index is 0.0656. The van der Waals surface area contributed by atoms with Crippen LogP contribution in [0.4, 0.5) is 5.69 Å². The molecular formula is C19H20N2OS. The number of anilines is 1. The van der Waals surface area contributed by atoms with Crippen molar-refractivity contribution in [1.29, 1.82) is 0 Å². The van der Waals surface area contributed by atoms with Gasteiger partial charge in [-0.05, 0) is 48.7 Å². The van der Waals surface area contributed by atoms with Gasteiger partial charge in [0.1, 0.15) is 5.01 Å². The van der Waals surface area contributed by atoms with Gasteiger partial charge in [0.2, 0.25) is 5.91 Å². The average Bonchev–Trinajstić information content (AvgIpc) is 2.92. The molecule has 4 heteroatoms. The number of carbonyl (C=O) groups is 1. The van der Waals surface area contributed by atoms with Crippen molar-refractivity contribution in [3.63, 3.8) is 0 Å². The van der Waals surface area contributed by atoms with Crippen molar-refractivity contribution in [2.45, 2.75) is 27.2 Å². The van der Waals surface area contributed by atoms with Gasteiger partial charge in [0, 0.05) is 17.7 Å². The number of nitrogens with one attached hydrogen (secondary N) is 1. The Bertz CT molecular complexity index is 818. The van der Waals surface area contributed by atoms with E-state index in [1.54, 1.807) is 11.3 Å². The molecule has 0 aliphatic carbocycles. The number of fused-ring (bicyclic) bond motifs is 1. The molecule has 0 saturated carbocycles. The summed E-state index contributed by atoms with van der Waals surface area (Å²) in [6.07, 6.45) is 0.541. The lowest BCUT2D eigenvalue weighted by Gasteiger charge is -2.10. The highest BCUT2D eigenvalue weighted by molar-refractivity contribution is 7.21. The molecule has 2 aromatic carbocycles. The van der Waals surface area contributed by atoms with Gasteiger partial charge in [-0.2, -0.15) is 0 Å². The SMILES string of the molecule is Cc1cc(-c2nc3ccccc3s2)ccc1NC(=O)CC(C)C. The number of benzene rings is 2. The van der Waals surface area contributed by atoms with Crippen LogP contribution in [0.1, 0.15) is 25.8 Å². The topological polar surface area (TPSA) is 42.0 Å². The predicted molar refractivity (Wildman–Crippen MR) is 97.9 cm³/mol. The fourth-order valence-electron chi connectivity index (χ4n) is 2.50. The molecule has 118 valence electrons. The second kappa shape index (κ2) is 6.50. The zero-order valence-corrected chi connectivity index (χ0v) is 14.4. The molecule has 0 unspecified atom stereocenters. The zero-order valence-electron chi connectivity index (χ0n) is 13.6. The number of hydrogen-bond donors (Lipinski definition) is 1. The van der Waals surface area contributed by atoms with Crippen molar-refractivity contribution in [2.75, 3.05) is 5.32 Å². The molecule has 0 spiro atoms. The lowest BCUT2D eigenvalue weighted by molar-refractivity contribution is -0.116. The number of aryl methyl sites for hydroxylation is 1. The Hall–Kier alpha value is -2.20. The van der Waals surface area contributed by atoms with Crippen LogP contribution in [-0.2, 0) is 4.79 Å². The number of nitrogens with zero attached hydrogens (tertiary/aromatic N) is 1. The Labute approximate surface area is 140 Å². The summed E-state index contributed by atoms with van der Waals surface area (Å²) in [6.45, 7) is 6.10. The van der Waals surface area contributed by atoms with Crippen LogP contribution < -0.4 is 5.32 Å². The minimum Gasteiger partial charge on any atom is -0.326 e. The van der Waals surface area contributed by atoms with Crippen LogP contribution in [0.15, 0.2) is 42.5 Å². The van der Waals surface area contributed by atoms with Crippen LogP contribution in [0, 0.1) is 12.8 Å². The van der Waals surface area contributed by atoms with Crippen molar-refractivity contribution < 1.29 is 4.79 Å². The third kappa shape index (κ3) is 3.59. The van der Waals surface area contributed by atoms with Gasteiger partial charge in [0.25, 0.3) is 0 Å². The second-order valence-corrected chi connectivity index (χ2v) is 7.19. The lowest BCUT2D eigenvalue weighted by atomic mass is 10.1. The largest absolute Gasteiger partial charge is 0.326 e. The van der Waals surface area contributed by atoms with E-state index in [0.717, 1.165) is 27.3 Å². The normalized spacial score (nSPS) is 11.1. The van der Waals surface area contributed by atoms with Gasteiger partial charge in [-0.15, -0.1) is 11.3 Å². The predicted octanol–water partition coefficient (Wildman–Crippen LogP) is 5.26. The van der Waals surface area contributed by atoms with E-state index in [1.165, 1.54) is 4.70 Å². The summed E-state index contributed by atoms with van der Waals surface area (Å²) in [5, 5.41) is 4.00. The van der Waals surface area contributed by atoms with Gasteiger partial charge < -0.3 is 5.32 Å². The van der Waals surface area contributed by atoms with Crippen molar-refractivity contribution in [1.82, 2.24) is 4.98 Å². The molecule has 3 rings (SSSR count). The summed E-state index contributed by atoms with van der Waals surface area (Å²) in [5.74, 6) is 0.424. The summed E-state index contributed by atoms with van der Waals surface area (Å²) < 4.78 is 1.19. The number of rotatable bonds is 4. The summed E-state index contributed by atoms with van der Waals surface area (Å²) in [4.78, 5) is 16.6. The van der Waals surface area contributed by atoms with Crippen molar-refractivity contribution in [3.05, 3.63) is 48.0 Å². The van der Waals surface area contributed by atoms with Crippen LogP contribution in [0.25, 0.3) is 20.8 Å². The van der Waals surface area contributed by atoms with Gasteiger partial charge in [0.05, 0.1) is 10.2 Å². The molecule has 0 atom stereocenters. The molecule has 1 aromatic heterocycles. The van der Waals surface area contributed by atoms with Crippen LogP contribution in [0.2, 0.25) is 0 Å². The monoisotopic (exact) mass is 324 g/mol. The molecular weight excluding hydrogens is 304 g/mol. The van der Waals surface area contributed by atoms with E-state index in [9.17, 15) is 4.79 Å². The van der Waals surface area contributed by atoms with E-state index in [4.69, 9.17) is 0 Å². The Morgan fingerprint density at radius 2 is 2.00 bits per heavy atom. The first-order chi connectivity index (χ1) is 11.0. The van der Waals surface area contributed by atoms with Gasteiger partial charge in [-0.1, -0.05) is 26.0 Å². The van der Waals surface area contributed by atoms with Crippen molar-refractivity contribution in [3.8, 4) is 10.6 Å². The summed E-state index contributed by atoms with van der Waals surface area (Å²) in [6, 6.07) is 14.2. The smallest absolute Gasteiger partial charge is 0.224 e. The van der Waals surface area contributed by atoms with E-state index >= 15 is 0 Å². The number of carbonyl (C=O) groups excluding carboxylic acids is 1. The highest BCUT2D eigenvalue weighted by Gasteiger charge is 2.10. The number of thiazole rings is 1. The standard InChI is InChI=1S/C19H20N2OS/c1-12(2)10-18(22)20-15-9-8-14(11-13(15)3)19-21-16-6-4-5-7-17(16)23-19/h4-9,11-12H,10H2,1-3H3,(H,20,22). The molecule has 1 amide bonds. The molecule has 0 bridgehead atoms. The quantitative estimate of drug-likeness (QED) is 0.711. The van der Waals surface area contributed by atoms with E-state index in [0.29, 0.717) is 12.3 Å². The molecule has 0 radical (unpaired) electrons. The van der Waals surface area contributed by atoms with Crippen LogP contribution in [0.5, 0.6) is 0 Å². The maximum absolute atomic E-state index is 11.9. The van der Waals surface area contributed by atoms with Gasteiger partial charge in [-0.25, -0.2) is 4.98 Å². The van der Waals surface area contributed by atoms with E-state index < -0.39 is 0 Å². The van der Waals surface area contributed by atoms with Crippen LogP contribution in [-0.4, -0.2) is 10.9 Å². The first-order valence-corrected chi connectivity index (χ1v) is 8.61. The molecule has 0 aliphatic heterocycles. The molecule has 3 nitrogen and oxygen atoms in total. The Balaban J connectivity index is 1.85. The number of hydrogen-bond acceptors (Lipinski definition) is 3. The van der Waals surface area contributed by atoms with Crippen LogP contribution >= 0.6 is 11.3 Å². The number of aromatic nitrogens is 1. The molecule has 1 heterocycles. The molecule has 3 aromatic rings. The minimum absolute atomic E-state index is 0.0656. The second-order valence-electron chi connectivity index (χ2n) is 6.16. The number of amides is 1. The zero-order chi connectivity index (χ0) is 16.4. The number of para-hydroxylation sites is 1. The third-order valence-corrected chi connectivity index (χ3v) is 4.72. The first kappa shape index (κ1) is 15.7. The maximum atomic E-state index is 11.9. The van der Waals surface area contributed by atoms with E-state index in [1.807, 2.05) is 51.1 Å². The van der Waals surface area contributed by atoms with E-state index in [-0.39, 0.29) is 5.91 Å². The highest BCUT2D eigenvalue weighted by atomic mass is 32.1. The van der Waals surface area contributed by atoms with Crippen LogP contribution in [0.3, 0.4) is 0 Å². The average molecular weight is 324 g/mol. The van der Waals surface area contributed by atoms with Crippen molar-refractivity contribution >= 4 is 33.1 Å². The van der Waals surface area contributed by atoms with Gasteiger partial charge in [0.15, 0.2) is 0 Å². The Kier molecular flexibility index (Phi) is 4.44. The fourth-order valence-corrected chi connectivity index (χ4v) is 3.47. The molecule has 0 aliphatic rings.